The molecule has 0 aliphatic carbocycles. The van der Waals surface area contributed by atoms with E-state index in [0.29, 0.717) is 29.2 Å². The predicted molar refractivity (Wildman–Crippen MR) is 77.5 cm³/mol. The highest BCUT2D eigenvalue weighted by Crippen LogP contribution is 2.14. The molecule has 1 saturated heterocycles. The molecule has 0 aromatic heterocycles. The predicted octanol–water partition coefficient (Wildman–Crippen LogP) is 0.346. The molecule has 20 heavy (non-hydrogen) atoms. The number of nitrogens with two attached hydrogens (primary N) is 1. The van der Waals surface area contributed by atoms with Crippen LogP contribution >= 0.6 is 11.8 Å². The van der Waals surface area contributed by atoms with E-state index in [9.17, 15) is 14.4 Å². The van der Waals surface area contributed by atoms with Crippen molar-refractivity contribution in [2.75, 3.05) is 16.8 Å². The Kier molecular flexibility index (Phi) is 4.62. The first-order valence-electron chi connectivity index (χ1n) is 6.14. The van der Waals surface area contributed by atoms with Gasteiger partial charge in [-0.15, -0.1) is 0 Å². The van der Waals surface area contributed by atoms with Crippen LogP contribution < -0.4 is 16.4 Å². The van der Waals surface area contributed by atoms with Crippen LogP contribution in [0.25, 0.3) is 0 Å². The van der Waals surface area contributed by atoms with Gasteiger partial charge in [0.1, 0.15) is 6.04 Å². The van der Waals surface area contributed by atoms with Crippen LogP contribution in [-0.2, 0) is 9.59 Å². The van der Waals surface area contributed by atoms with Crippen LogP contribution in [-0.4, -0.2) is 35.3 Å². The second-order valence-electron chi connectivity index (χ2n) is 4.38. The highest BCUT2D eigenvalue weighted by atomic mass is 32.2. The number of anilines is 1. The average molecular weight is 293 g/mol. The van der Waals surface area contributed by atoms with Gasteiger partial charge in [-0.3, -0.25) is 14.4 Å². The van der Waals surface area contributed by atoms with E-state index in [-0.39, 0.29) is 11.8 Å². The molecular formula is C13H15N3O3S. The number of carbonyl (C=O) groups is 3. The van der Waals surface area contributed by atoms with Crippen molar-refractivity contribution in [3.8, 4) is 0 Å². The minimum Gasteiger partial charge on any atom is -0.366 e. The molecule has 1 aliphatic heterocycles. The molecule has 106 valence electrons. The van der Waals surface area contributed by atoms with E-state index in [0.717, 1.165) is 0 Å². The van der Waals surface area contributed by atoms with E-state index in [1.165, 1.54) is 6.07 Å². The number of primary amides is 1. The largest absolute Gasteiger partial charge is 0.366 e. The minimum absolute atomic E-state index is 0.124. The lowest BCUT2D eigenvalue weighted by atomic mass is 10.2. The first kappa shape index (κ1) is 14.4. The third-order valence-electron chi connectivity index (χ3n) is 2.82. The van der Waals surface area contributed by atoms with E-state index in [4.69, 9.17) is 5.73 Å². The van der Waals surface area contributed by atoms with Gasteiger partial charge < -0.3 is 16.4 Å². The maximum atomic E-state index is 12.1. The molecule has 1 heterocycles. The van der Waals surface area contributed by atoms with Crippen LogP contribution in [0.15, 0.2) is 24.3 Å². The van der Waals surface area contributed by atoms with E-state index < -0.39 is 11.9 Å². The summed E-state index contributed by atoms with van der Waals surface area (Å²) >= 11 is 1.56. The zero-order chi connectivity index (χ0) is 14.5. The van der Waals surface area contributed by atoms with Gasteiger partial charge in [0.2, 0.25) is 17.7 Å². The summed E-state index contributed by atoms with van der Waals surface area (Å²) in [7, 11) is 0. The lowest BCUT2D eigenvalue weighted by molar-refractivity contribution is -0.125. The van der Waals surface area contributed by atoms with Gasteiger partial charge in [-0.05, 0) is 18.2 Å². The van der Waals surface area contributed by atoms with Gasteiger partial charge >= 0.3 is 0 Å². The molecule has 1 atom stereocenters. The summed E-state index contributed by atoms with van der Waals surface area (Å²) in [6, 6.07) is 5.81. The third kappa shape index (κ3) is 3.74. The topological polar surface area (TPSA) is 101 Å². The van der Waals surface area contributed by atoms with Gasteiger partial charge in [-0.2, -0.15) is 11.8 Å². The fourth-order valence-corrected chi connectivity index (χ4v) is 2.76. The number of nitrogens with one attached hydrogen (secondary N) is 2. The van der Waals surface area contributed by atoms with E-state index in [2.05, 4.69) is 10.6 Å². The standard InChI is InChI=1S/C13H15N3O3S/c14-12(18)8-2-1-3-9(6-8)15-13(19)10-7-20-5-4-11(17)16-10/h1-3,6,10H,4-5,7H2,(H2,14,18)(H,15,19)(H,16,17)/t10-/m1/s1. The Morgan fingerprint density at radius 1 is 1.40 bits per heavy atom. The van der Waals surface area contributed by atoms with Crippen molar-refractivity contribution in [2.45, 2.75) is 12.5 Å². The summed E-state index contributed by atoms with van der Waals surface area (Å²) in [6.45, 7) is 0. The fourth-order valence-electron chi connectivity index (χ4n) is 1.80. The summed E-state index contributed by atoms with van der Waals surface area (Å²) < 4.78 is 0. The van der Waals surface area contributed by atoms with Gasteiger partial charge in [0.05, 0.1) is 0 Å². The zero-order valence-electron chi connectivity index (χ0n) is 10.7. The summed E-state index contributed by atoms with van der Waals surface area (Å²) in [5, 5.41) is 5.35. The summed E-state index contributed by atoms with van der Waals surface area (Å²) in [6.07, 6.45) is 0.422. The molecule has 4 N–H and O–H groups in total. The maximum absolute atomic E-state index is 12.1. The fraction of sp³-hybridized carbons (Fsp3) is 0.308. The van der Waals surface area contributed by atoms with Crippen LogP contribution in [0.2, 0.25) is 0 Å². The highest BCUT2D eigenvalue weighted by molar-refractivity contribution is 7.99. The van der Waals surface area contributed by atoms with Gasteiger partial charge in [0.15, 0.2) is 0 Å². The van der Waals surface area contributed by atoms with Crippen molar-refractivity contribution >= 4 is 35.2 Å². The Hall–Kier alpha value is -2.02. The zero-order valence-corrected chi connectivity index (χ0v) is 11.5. The lowest BCUT2D eigenvalue weighted by Crippen LogP contribution is -2.44. The van der Waals surface area contributed by atoms with E-state index >= 15 is 0 Å². The van der Waals surface area contributed by atoms with Crippen molar-refractivity contribution in [3.05, 3.63) is 29.8 Å². The Balaban J connectivity index is 2.05. The molecule has 2 rings (SSSR count). The number of hydrogen-bond acceptors (Lipinski definition) is 4. The van der Waals surface area contributed by atoms with Crippen molar-refractivity contribution in [3.63, 3.8) is 0 Å². The normalized spacial score (nSPS) is 18.8. The first-order chi connectivity index (χ1) is 9.56. The Bertz CT molecular complexity index is 547. The molecule has 0 radical (unpaired) electrons. The molecule has 0 saturated carbocycles. The van der Waals surface area contributed by atoms with Crippen molar-refractivity contribution in [1.82, 2.24) is 5.32 Å². The Morgan fingerprint density at radius 2 is 2.20 bits per heavy atom. The monoisotopic (exact) mass is 293 g/mol. The number of carbonyl (C=O) groups excluding carboxylic acids is 3. The van der Waals surface area contributed by atoms with Crippen LogP contribution in [0, 0.1) is 0 Å². The molecule has 1 aromatic carbocycles. The Labute approximate surface area is 120 Å². The van der Waals surface area contributed by atoms with Crippen molar-refractivity contribution in [1.29, 1.82) is 0 Å². The number of hydrogen-bond donors (Lipinski definition) is 3. The second-order valence-corrected chi connectivity index (χ2v) is 5.53. The summed E-state index contributed by atoms with van der Waals surface area (Å²) in [4.78, 5) is 34.6. The van der Waals surface area contributed by atoms with Gasteiger partial charge in [0, 0.05) is 29.2 Å². The number of benzene rings is 1. The maximum Gasteiger partial charge on any atom is 0.248 e. The van der Waals surface area contributed by atoms with Crippen LogP contribution in [0.1, 0.15) is 16.8 Å². The molecule has 0 unspecified atom stereocenters. The molecule has 1 aliphatic rings. The molecular weight excluding hydrogens is 278 g/mol. The number of rotatable bonds is 3. The SMILES string of the molecule is NC(=O)c1cccc(NC(=O)[C@H]2CSCCC(=O)N2)c1. The van der Waals surface area contributed by atoms with Crippen molar-refractivity contribution < 1.29 is 14.4 Å². The highest BCUT2D eigenvalue weighted by Gasteiger charge is 2.23. The molecule has 0 bridgehead atoms. The lowest BCUT2D eigenvalue weighted by Gasteiger charge is -2.15. The van der Waals surface area contributed by atoms with E-state index in [1.54, 1.807) is 30.0 Å². The average Bonchev–Trinajstić information content (AvgIpc) is 2.63. The molecule has 1 aromatic rings. The molecule has 3 amide bonds. The number of thioether (sulfide) groups is 1. The van der Waals surface area contributed by atoms with Gasteiger partial charge in [-0.1, -0.05) is 6.07 Å². The quantitative estimate of drug-likeness (QED) is 0.748. The molecule has 1 fully saturated rings. The minimum atomic E-state index is -0.563. The Morgan fingerprint density at radius 3 is 2.95 bits per heavy atom. The second kappa shape index (κ2) is 6.42. The number of amides is 3. The summed E-state index contributed by atoms with van der Waals surface area (Å²) in [5.74, 6) is 0.273. The molecule has 0 spiro atoms. The van der Waals surface area contributed by atoms with Crippen molar-refractivity contribution in [2.24, 2.45) is 5.73 Å². The smallest absolute Gasteiger partial charge is 0.248 e. The molecule has 7 heteroatoms. The first-order valence-corrected chi connectivity index (χ1v) is 7.29. The van der Waals surface area contributed by atoms with Crippen LogP contribution in [0.4, 0.5) is 5.69 Å². The third-order valence-corrected chi connectivity index (χ3v) is 3.89. The molecule has 6 nitrogen and oxygen atoms in total. The van der Waals surface area contributed by atoms with E-state index in [1.807, 2.05) is 0 Å². The van der Waals surface area contributed by atoms with Gasteiger partial charge in [-0.25, -0.2) is 0 Å². The van der Waals surface area contributed by atoms with Crippen LogP contribution in [0.5, 0.6) is 0 Å². The van der Waals surface area contributed by atoms with Crippen LogP contribution in [0.3, 0.4) is 0 Å². The summed E-state index contributed by atoms with van der Waals surface area (Å²) in [5.41, 5.74) is 5.99. The van der Waals surface area contributed by atoms with Gasteiger partial charge in [0.25, 0.3) is 0 Å².